The predicted molar refractivity (Wildman–Crippen MR) is 68.8 cm³/mol. The van der Waals surface area contributed by atoms with Gasteiger partial charge in [0.1, 0.15) is 6.10 Å². The number of aromatic nitrogens is 3. The van der Waals surface area contributed by atoms with Crippen LogP contribution >= 0.6 is 0 Å². The number of aliphatic hydroxyl groups is 1. The molecule has 0 amide bonds. The predicted octanol–water partition coefficient (Wildman–Crippen LogP) is 1.24. The SMILES string of the molecule is CC#CC(O)CCCCOCCCn1ccnn1. The Morgan fingerprint density at radius 3 is 2.89 bits per heavy atom. The molecule has 0 bridgehead atoms. The van der Waals surface area contributed by atoms with Gasteiger partial charge in [-0.15, -0.1) is 11.0 Å². The Balaban J connectivity index is 1.85. The number of ether oxygens (including phenoxy) is 1. The van der Waals surface area contributed by atoms with Gasteiger partial charge in [0.15, 0.2) is 0 Å². The molecule has 0 aromatic carbocycles. The molecule has 1 aromatic heterocycles. The van der Waals surface area contributed by atoms with Gasteiger partial charge in [-0.1, -0.05) is 11.1 Å². The average molecular weight is 251 g/mol. The molecule has 0 radical (unpaired) electrons. The van der Waals surface area contributed by atoms with Crippen LogP contribution in [-0.4, -0.2) is 39.4 Å². The molecule has 0 aliphatic carbocycles. The van der Waals surface area contributed by atoms with E-state index < -0.39 is 6.10 Å². The number of nitrogens with zero attached hydrogens (tertiary/aromatic N) is 3. The Bertz CT molecular complexity index is 354. The maximum absolute atomic E-state index is 9.37. The minimum absolute atomic E-state index is 0.484. The van der Waals surface area contributed by atoms with E-state index in [-0.39, 0.29) is 0 Å². The minimum atomic E-state index is -0.484. The van der Waals surface area contributed by atoms with Gasteiger partial charge < -0.3 is 9.84 Å². The Morgan fingerprint density at radius 2 is 2.17 bits per heavy atom. The average Bonchev–Trinajstić information content (AvgIpc) is 2.86. The van der Waals surface area contributed by atoms with E-state index in [2.05, 4.69) is 22.2 Å². The molecule has 0 saturated carbocycles. The summed E-state index contributed by atoms with van der Waals surface area (Å²) in [5.74, 6) is 5.43. The van der Waals surface area contributed by atoms with Crippen LogP contribution in [0.5, 0.6) is 0 Å². The van der Waals surface area contributed by atoms with Crippen LogP contribution in [0, 0.1) is 11.8 Å². The first-order chi connectivity index (χ1) is 8.83. The number of unbranched alkanes of at least 4 members (excludes halogenated alkanes) is 1. The second kappa shape index (κ2) is 9.63. The van der Waals surface area contributed by atoms with Crippen molar-refractivity contribution in [2.24, 2.45) is 0 Å². The fourth-order valence-electron chi connectivity index (χ4n) is 1.56. The van der Waals surface area contributed by atoms with Crippen molar-refractivity contribution < 1.29 is 9.84 Å². The van der Waals surface area contributed by atoms with Gasteiger partial charge in [-0.3, -0.25) is 4.68 Å². The molecule has 18 heavy (non-hydrogen) atoms. The number of hydrogen-bond donors (Lipinski definition) is 1. The van der Waals surface area contributed by atoms with E-state index in [4.69, 9.17) is 4.74 Å². The first-order valence-electron chi connectivity index (χ1n) is 6.35. The Hall–Kier alpha value is -1.38. The van der Waals surface area contributed by atoms with E-state index in [1.54, 1.807) is 17.8 Å². The van der Waals surface area contributed by atoms with Crippen molar-refractivity contribution >= 4 is 0 Å². The van der Waals surface area contributed by atoms with Crippen LogP contribution in [0.1, 0.15) is 32.6 Å². The third-order valence-electron chi connectivity index (χ3n) is 2.48. The highest BCUT2D eigenvalue weighted by Gasteiger charge is 1.98. The highest BCUT2D eigenvalue weighted by atomic mass is 16.5. The number of rotatable bonds is 9. The van der Waals surface area contributed by atoms with Crippen molar-refractivity contribution in [3.63, 3.8) is 0 Å². The van der Waals surface area contributed by atoms with Crippen LogP contribution in [0.2, 0.25) is 0 Å². The molecule has 0 aliphatic heterocycles. The maximum Gasteiger partial charge on any atom is 0.114 e. The largest absolute Gasteiger partial charge is 0.381 e. The van der Waals surface area contributed by atoms with Crippen molar-refractivity contribution in [1.82, 2.24) is 15.0 Å². The Labute approximate surface area is 108 Å². The van der Waals surface area contributed by atoms with Crippen molar-refractivity contribution in [1.29, 1.82) is 0 Å². The van der Waals surface area contributed by atoms with Crippen molar-refractivity contribution in [2.45, 2.75) is 45.3 Å². The normalized spacial score (nSPS) is 11.9. The van der Waals surface area contributed by atoms with Gasteiger partial charge in [0.05, 0.1) is 6.20 Å². The van der Waals surface area contributed by atoms with E-state index in [1.807, 2.05) is 6.20 Å². The molecule has 1 unspecified atom stereocenters. The van der Waals surface area contributed by atoms with E-state index in [0.717, 1.165) is 45.4 Å². The van der Waals surface area contributed by atoms with Crippen molar-refractivity contribution in [3.8, 4) is 11.8 Å². The Morgan fingerprint density at radius 1 is 1.33 bits per heavy atom. The molecule has 0 fully saturated rings. The highest BCUT2D eigenvalue weighted by Crippen LogP contribution is 2.00. The number of aliphatic hydroxyl groups excluding tert-OH is 1. The second-order valence-corrected chi connectivity index (χ2v) is 4.04. The molecule has 1 N–H and O–H groups in total. The zero-order chi connectivity index (χ0) is 13.1. The molecule has 0 spiro atoms. The van der Waals surface area contributed by atoms with Gasteiger partial charge in [0.25, 0.3) is 0 Å². The molecule has 5 nitrogen and oxygen atoms in total. The van der Waals surface area contributed by atoms with Gasteiger partial charge in [-0.05, 0) is 32.6 Å². The number of aryl methyl sites for hydroxylation is 1. The lowest BCUT2D eigenvalue weighted by Gasteiger charge is -2.05. The first-order valence-corrected chi connectivity index (χ1v) is 6.35. The minimum Gasteiger partial charge on any atom is -0.381 e. The molecule has 1 rings (SSSR count). The smallest absolute Gasteiger partial charge is 0.114 e. The molecule has 0 saturated heterocycles. The van der Waals surface area contributed by atoms with E-state index in [0.29, 0.717) is 0 Å². The highest BCUT2D eigenvalue weighted by molar-refractivity contribution is 5.01. The van der Waals surface area contributed by atoms with E-state index >= 15 is 0 Å². The molecule has 100 valence electrons. The topological polar surface area (TPSA) is 60.2 Å². The number of hydrogen-bond acceptors (Lipinski definition) is 4. The Kier molecular flexibility index (Phi) is 7.85. The molecule has 1 aromatic rings. The van der Waals surface area contributed by atoms with Crippen LogP contribution in [0.4, 0.5) is 0 Å². The third kappa shape index (κ3) is 7.05. The molecule has 5 heteroatoms. The van der Waals surface area contributed by atoms with Gasteiger partial charge in [-0.25, -0.2) is 0 Å². The summed E-state index contributed by atoms with van der Waals surface area (Å²) in [4.78, 5) is 0. The van der Waals surface area contributed by atoms with Crippen molar-refractivity contribution in [3.05, 3.63) is 12.4 Å². The summed E-state index contributed by atoms with van der Waals surface area (Å²) in [6.45, 7) is 4.05. The maximum atomic E-state index is 9.37. The first kappa shape index (κ1) is 14.7. The zero-order valence-electron chi connectivity index (χ0n) is 10.9. The fourth-order valence-corrected chi connectivity index (χ4v) is 1.56. The second-order valence-electron chi connectivity index (χ2n) is 4.04. The lowest BCUT2D eigenvalue weighted by Crippen LogP contribution is -2.06. The standard InChI is InChI=1S/C13H21N3O2/c1-2-6-13(17)7-3-4-11-18-12-5-9-16-10-8-14-15-16/h8,10,13,17H,3-5,7,9,11-12H2,1H3. The summed E-state index contributed by atoms with van der Waals surface area (Å²) >= 11 is 0. The lowest BCUT2D eigenvalue weighted by molar-refractivity contribution is 0.120. The summed E-state index contributed by atoms with van der Waals surface area (Å²) in [6.07, 6.45) is 6.60. The quantitative estimate of drug-likeness (QED) is 0.530. The van der Waals surface area contributed by atoms with E-state index in [9.17, 15) is 5.11 Å². The van der Waals surface area contributed by atoms with Crippen LogP contribution in [0.15, 0.2) is 12.4 Å². The molecule has 1 heterocycles. The zero-order valence-corrected chi connectivity index (χ0v) is 10.9. The fraction of sp³-hybridized carbons (Fsp3) is 0.692. The molecule has 1 atom stereocenters. The summed E-state index contributed by atoms with van der Waals surface area (Å²) in [7, 11) is 0. The summed E-state index contributed by atoms with van der Waals surface area (Å²) in [5, 5.41) is 17.0. The summed E-state index contributed by atoms with van der Waals surface area (Å²) in [5.41, 5.74) is 0. The third-order valence-corrected chi connectivity index (χ3v) is 2.48. The molecular weight excluding hydrogens is 230 g/mol. The van der Waals surface area contributed by atoms with Crippen LogP contribution < -0.4 is 0 Å². The van der Waals surface area contributed by atoms with Crippen molar-refractivity contribution in [2.75, 3.05) is 13.2 Å². The van der Waals surface area contributed by atoms with E-state index in [1.165, 1.54) is 0 Å². The van der Waals surface area contributed by atoms with Gasteiger partial charge >= 0.3 is 0 Å². The molecule has 0 aliphatic rings. The van der Waals surface area contributed by atoms with Crippen LogP contribution in [0.3, 0.4) is 0 Å². The van der Waals surface area contributed by atoms with Gasteiger partial charge in [0.2, 0.25) is 0 Å². The lowest BCUT2D eigenvalue weighted by atomic mass is 10.1. The van der Waals surface area contributed by atoms with Gasteiger partial charge in [-0.2, -0.15) is 0 Å². The van der Waals surface area contributed by atoms with Gasteiger partial charge in [0, 0.05) is 26.0 Å². The molecular formula is C13H21N3O2. The van der Waals surface area contributed by atoms with Crippen LogP contribution in [0.25, 0.3) is 0 Å². The monoisotopic (exact) mass is 251 g/mol. The summed E-state index contributed by atoms with van der Waals surface area (Å²) < 4.78 is 7.29. The summed E-state index contributed by atoms with van der Waals surface area (Å²) in [6, 6.07) is 0. The van der Waals surface area contributed by atoms with Crippen LogP contribution in [-0.2, 0) is 11.3 Å².